The van der Waals surface area contributed by atoms with E-state index in [-0.39, 0.29) is 5.91 Å². The molecule has 2 N–H and O–H groups in total. The van der Waals surface area contributed by atoms with Crippen LogP contribution < -0.4 is 10.6 Å². The van der Waals surface area contributed by atoms with Gasteiger partial charge in [-0.25, -0.2) is 9.97 Å². The van der Waals surface area contributed by atoms with Gasteiger partial charge in [-0.3, -0.25) is 10.1 Å². The summed E-state index contributed by atoms with van der Waals surface area (Å²) in [5.74, 6) is 1.14. The van der Waals surface area contributed by atoms with E-state index in [1.807, 2.05) is 0 Å². The van der Waals surface area contributed by atoms with Crippen molar-refractivity contribution in [3.63, 3.8) is 0 Å². The van der Waals surface area contributed by atoms with E-state index in [0.717, 1.165) is 13.0 Å². The molecule has 19 heavy (non-hydrogen) atoms. The number of carbonyl (C=O) groups excluding carboxylic acids is 1. The van der Waals surface area contributed by atoms with Crippen molar-refractivity contribution in [3.05, 3.63) is 29.7 Å². The molecular formula is C12H15N5OS. The second kappa shape index (κ2) is 6.24. The van der Waals surface area contributed by atoms with Crippen molar-refractivity contribution in [1.29, 1.82) is 0 Å². The number of nitrogens with zero attached hydrogens (tertiary/aromatic N) is 3. The van der Waals surface area contributed by atoms with Gasteiger partial charge < -0.3 is 5.32 Å². The Labute approximate surface area is 115 Å². The molecule has 0 aliphatic carbocycles. The molecule has 6 nitrogen and oxygen atoms in total. The first-order valence-corrected chi connectivity index (χ1v) is 6.78. The number of rotatable bonds is 5. The third-order valence-electron chi connectivity index (χ3n) is 2.33. The lowest BCUT2D eigenvalue weighted by Gasteiger charge is -2.05. The molecule has 0 saturated carbocycles. The molecule has 2 rings (SSSR count). The van der Waals surface area contributed by atoms with Gasteiger partial charge in [0.15, 0.2) is 0 Å². The van der Waals surface area contributed by atoms with Crippen LogP contribution in [-0.2, 0) is 0 Å². The highest BCUT2D eigenvalue weighted by Gasteiger charge is 2.09. The van der Waals surface area contributed by atoms with Crippen molar-refractivity contribution >= 4 is 28.4 Å². The molecule has 0 unspecified atom stereocenters. The minimum Gasteiger partial charge on any atom is -0.370 e. The van der Waals surface area contributed by atoms with Crippen LogP contribution in [0.5, 0.6) is 0 Å². The van der Waals surface area contributed by atoms with Gasteiger partial charge in [-0.15, -0.1) is 0 Å². The lowest BCUT2D eigenvalue weighted by Crippen LogP contribution is -2.12. The minimum absolute atomic E-state index is 0.210. The first-order valence-electron chi connectivity index (χ1n) is 6.00. The van der Waals surface area contributed by atoms with E-state index in [1.54, 1.807) is 25.3 Å². The summed E-state index contributed by atoms with van der Waals surface area (Å²) in [6.07, 6.45) is 2.61. The predicted octanol–water partition coefficient (Wildman–Crippen LogP) is 2.32. The summed E-state index contributed by atoms with van der Waals surface area (Å²) >= 11 is 1.17. The smallest absolute Gasteiger partial charge is 0.257 e. The average molecular weight is 277 g/mol. The van der Waals surface area contributed by atoms with Crippen LogP contribution in [0.4, 0.5) is 10.9 Å². The molecule has 2 aromatic rings. The van der Waals surface area contributed by atoms with Crippen molar-refractivity contribution < 1.29 is 4.79 Å². The van der Waals surface area contributed by atoms with Gasteiger partial charge in [0.2, 0.25) is 5.13 Å². The molecule has 0 fully saturated rings. The third kappa shape index (κ3) is 3.72. The van der Waals surface area contributed by atoms with Gasteiger partial charge >= 0.3 is 0 Å². The molecule has 0 saturated heterocycles. The maximum atomic E-state index is 12.0. The number of nitrogens with one attached hydrogen (secondary N) is 2. The van der Waals surface area contributed by atoms with Crippen LogP contribution in [0.1, 0.15) is 29.5 Å². The lowest BCUT2D eigenvalue weighted by atomic mass is 10.2. The van der Waals surface area contributed by atoms with E-state index in [2.05, 4.69) is 31.9 Å². The van der Waals surface area contributed by atoms with E-state index in [1.165, 1.54) is 11.5 Å². The summed E-state index contributed by atoms with van der Waals surface area (Å²) in [6.45, 7) is 4.68. The van der Waals surface area contributed by atoms with Gasteiger partial charge in [-0.05, 0) is 25.5 Å². The van der Waals surface area contributed by atoms with E-state index in [9.17, 15) is 4.79 Å². The Balaban J connectivity index is 2.06. The fourth-order valence-corrected chi connectivity index (χ4v) is 2.01. The molecule has 0 radical (unpaired) electrons. The fraction of sp³-hybridized carbons (Fsp3) is 0.333. The van der Waals surface area contributed by atoms with Crippen LogP contribution in [0.25, 0.3) is 0 Å². The van der Waals surface area contributed by atoms with Crippen LogP contribution in [0.2, 0.25) is 0 Å². The zero-order valence-corrected chi connectivity index (χ0v) is 11.6. The summed E-state index contributed by atoms with van der Waals surface area (Å²) in [5, 5.41) is 6.36. The molecular weight excluding hydrogens is 262 g/mol. The van der Waals surface area contributed by atoms with Crippen LogP contribution in [0, 0.1) is 6.92 Å². The van der Waals surface area contributed by atoms with Crippen molar-refractivity contribution in [3.8, 4) is 0 Å². The SMILES string of the molecule is CCCNc1cc(C(=O)Nc2nc(C)ns2)ccn1. The van der Waals surface area contributed by atoms with Gasteiger partial charge in [0.1, 0.15) is 11.6 Å². The highest BCUT2D eigenvalue weighted by Crippen LogP contribution is 2.13. The number of hydrogen-bond acceptors (Lipinski definition) is 6. The number of hydrogen-bond donors (Lipinski definition) is 2. The number of amides is 1. The Morgan fingerprint density at radius 2 is 2.32 bits per heavy atom. The van der Waals surface area contributed by atoms with E-state index in [4.69, 9.17) is 0 Å². The Morgan fingerprint density at radius 1 is 1.47 bits per heavy atom. The quantitative estimate of drug-likeness (QED) is 0.876. The van der Waals surface area contributed by atoms with Crippen molar-refractivity contribution in [2.45, 2.75) is 20.3 Å². The summed E-state index contributed by atoms with van der Waals surface area (Å²) in [4.78, 5) is 20.3. The van der Waals surface area contributed by atoms with Crippen molar-refractivity contribution in [2.24, 2.45) is 0 Å². The van der Waals surface area contributed by atoms with Gasteiger partial charge in [0.05, 0.1) is 0 Å². The molecule has 0 spiro atoms. The Kier molecular flexibility index (Phi) is 4.40. The minimum atomic E-state index is -0.210. The Hall–Kier alpha value is -2.02. The fourth-order valence-electron chi connectivity index (χ4n) is 1.44. The number of aromatic nitrogens is 3. The molecule has 0 atom stereocenters. The first-order chi connectivity index (χ1) is 9.19. The van der Waals surface area contributed by atoms with Gasteiger partial charge in [-0.2, -0.15) is 4.37 Å². The molecule has 2 heterocycles. The largest absolute Gasteiger partial charge is 0.370 e. The average Bonchev–Trinajstić information content (AvgIpc) is 2.82. The van der Waals surface area contributed by atoms with Crippen LogP contribution in [0.15, 0.2) is 18.3 Å². The second-order valence-corrected chi connectivity index (χ2v) is 4.71. The topological polar surface area (TPSA) is 79.8 Å². The Morgan fingerprint density at radius 3 is 3.00 bits per heavy atom. The van der Waals surface area contributed by atoms with E-state index >= 15 is 0 Å². The van der Waals surface area contributed by atoms with Crippen molar-refractivity contribution in [1.82, 2.24) is 14.3 Å². The maximum Gasteiger partial charge on any atom is 0.257 e. The molecule has 0 aliphatic heterocycles. The zero-order valence-electron chi connectivity index (χ0n) is 10.8. The summed E-state index contributed by atoms with van der Waals surface area (Å²) in [7, 11) is 0. The lowest BCUT2D eigenvalue weighted by molar-refractivity contribution is 0.102. The van der Waals surface area contributed by atoms with Crippen LogP contribution in [0.3, 0.4) is 0 Å². The second-order valence-electron chi connectivity index (χ2n) is 3.96. The molecule has 0 aromatic carbocycles. The maximum absolute atomic E-state index is 12.0. The molecule has 0 bridgehead atoms. The van der Waals surface area contributed by atoms with Gasteiger partial charge in [0.25, 0.3) is 5.91 Å². The summed E-state index contributed by atoms with van der Waals surface area (Å²) < 4.78 is 4.01. The first kappa shape index (κ1) is 13.4. The highest BCUT2D eigenvalue weighted by atomic mass is 32.1. The Bertz CT molecular complexity index is 569. The zero-order chi connectivity index (χ0) is 13.7. The van der Waals surface area contributed by atoms with E-state index in [0.29, 0.717) is 22.3 Å². The van der Waals surface area contributed by atoms with E-state index < -0.39 is 0 Å². The summed E-state index contributed by atoms with van der Waals surface area (Å²) in [5.41, 5.74) is 0.543. The molecule has 0 aliphatic rings. The molecule has 2 aromatic heterocycles. The number of aryl methyl sites for hydroxylation is 1. The predicted molar refractivity (Wildman–Crippen MR) is 75.6 cm³/mol. The van der Waals surface area contributed by atoms with Crippen LogP contribution >= 0.6 is 11.5 Å². The summed E-state index contributed by atoms with van der Waals surface area (Å²) in [6, 6.07) is 3.39. The molecule has 100 valence electrons. The molecule has 7 heteroatoms. The molecule has 1 amide bonds. The van der Waals surface area contributed by atoms with Gasteiger partial charge in [0, 0.05) is 29.8 Å². The van der Waals surface area contributed by atoms with Crippen molar-refractivity contribution in [2.75, 3.05) is 17.2 Å². The third-order valence-corrected chi connectivity index (χ3v) is 3.05. The normalized spacial score (nSPS) is 10.2. The number of pyridine rings is 1. The highest BCUT2D eigenvalue weighted by molar-refractivity contribution is 7.09. The number of anilines is 2. The number of carbonyl (C=O) groups is 1. The van der Waals surface area contributed by atoms with Gasteiger partial charge in [-0.1, -0.05) is 6.92 Å². The monoisotopic (exact) mass is 277 g/mol. The van der Waals surface area contributed by atoms with Crippen LogP contribution in [-0.4, -0.2) is 26.8 Å². The standard InChI is InChI=1S/C12H15N5OS/c1-3-5-13-10-7-9(4-6-14-10)11(18)16-12-15-8(2)17-19-12/h4,6-7H,3,5H2,1-2H3,(H,13,14)(H,15,16,17,18).